The molecule has 7 heteroatoms. The average Bonchev–Trinajstić information content (AvgIpc) is 2.42. The second-order valence-electron chi connectivity index (χ2n) is 3.56. The standard InChI is InChI=1S/C12H17N3O4/c1-7(14-15-12(13)16)8-5-6-9(17-2)11(19-4)10(8)18-3/h5-6H,1-4H3,(H3,13,15,16)/b14-7-. The maximum absolute atomic E-state index is 10.6. The van der Waals surface area contributed by atoms with Crippen LogP contribution in [0.15, 0.2) is 17.2 Å². The fourth-order valence-corrected chi connectivity index (χ4v) is 1.59. The molecule has 3 N–H and O–H groups in total. The van der Waals surface area contributed by atoms with Crippen LogP contribution in [0.1, 0.15) is 12.5 Å². The highest BCUT2D eigenvalue weighted by Gasteiger charge is 2.17. The van der Waals surface area contributed by atoms with Crippen LogP contribution in [-0.4, -0.2) is 33.1 Å². The van der Waals surface area contributed by atoms with Crippen molar-refractivity contribution in [1.29, 1.82) is 0 Å². The van der Waals surface area contributed by atoms with Crippen LogP contribution < -0.4 is 25.4 Å². The summed E-state index contributed by atoms with van der Waals surface area (Å²) in [7, 11) is 4.56. The van der Waals surface area contributed by atoms with Crippen LogP contribution in [-0.2, 0) is 0 Å². The summed E-state index contributed by atoms with van der Waals surface area (Å²) < 4.78 is 15.7. The number of rotatable bonds is 5. The number of primary amides is 1. The van der Waals surface area contributed by atoms with E-state index in [0.29, 0.717) is 28.5 Å². The minimum absolute atomic E-state index is 0.455. The van der Waals surface area contributed by atoms with E-state index in [4.69, 9.17) is 19.9 Å². The monoisotopic (exact) mass is 267 g/mol. The third-order valence-electron chi connectivity index (χ3n) is 2.43. The molecule has 1 aromatic rings. The van der Waals surface area contributed by atoms with Gasteiger partial charge in [-0.3, -0.25) is 0 Å². The topological polar surface area (TPSA) is 95.2 Å². The number of hydrogen-bond acceptors (Lipinski definition) is 5. The molecule has 0 radical (unpaired) electrons. The SMILES string of the molecule is COc1ccc(/C(C)=N\NC(N)=O)c(OC)c1OC. The molecule has 0 spiro atoms. The van der Waals surface area contributed by atoms with Crippen molar-refractivity contribution >= 4 is 11.7 Å². The van der Waals surface area contributed by atoms with Crippen LogP contribution in [0.4, 0.5) is 4.79 Å². The van der Waals surface area contributed by atoms with E-state index in [1.54, 1.807) is 19.1 Å². The molecular weight excluding hydrogens is 250 g/mol. The van der Waals surface area contributed by atoms with Gasteiger partial charge < -0.3 is 19.9 Å². The molecule has 7 nitrogen and oxygen atoms in total. The Morgan fingerprint density at radius 1 is 1.16 bits per heavy atom. The molecule has 0 aliphatic heterocycles. The summed E-state index contributed by atoms with van der Waals surface area (Å²) in [5.74, 6) is 1.46. The number of carbonyl (C=O) groups excluding carboxylic acids is 1. The first kappa shape index (κ1) is 14.6. The van der Waals surface area contributed by atoms with Crippen molar-refractivity contribution in [3.05, 3.63) is 17.7 Å². The summed E-state index contributed by atoms with van der Waals surface area (Å²) in [4.78, 5) is 10.6. The molecule has 0 heterocycles. The molecule has 0 bridgehead atoms. The van der Waals surface area contributed by atoms with Crippen LogP contribution >= 0.6 is 0 Å². The van der Waals surface area contributed by atoms with E-state index >= 15 is 0 Å². The highest BCUT2D eigenvalue weighted by molar-refractivity contribution is 6.02. The Balaban J connectivity index is 3.28. The molecule has 0 aromatic heterocycles. The zero-order valence-electron chi connectivity index (χ0n) is 11.3. The lowest BCUT2D eigenvalue weighted by molar-refractivity contribution is 0.249. The second-order valence-corrected chi connectivity index (χ2v) is 3.56. The van der Waals surface area contributed by atoms with Crippen LogP contribution in [0.3, 0.4) is 0 Å². The third-order valence-corrected chi connectivity index (χ3v) is 2.43. The molecule has 19 heavy (non-hydrogen) atoms. The lowest BCUT2D eigenvalue weighted by atomic mass is 10.1. The minimum atomic E-state index is -0.737. The van der Waals surface area contributed by atoms with Gasteiger partial charge in [-0.15, -0.1) is 0 Å². The zero-order chi connectivity index (χ0) is 14.4. The summed E-state index contributed by atoms with van der Waals surface area (Å²) in [6, 6.07) is 2.74. The predicted molar refractivity (Wildman–Crippen MR) is 71.0 cm³/mol. The van der Waals surface area contributed by atoms with Crippen molar-refractivity contribution in [3.8, 4) is 17.2 Å². The minimum Gasteiger partial charge on any atom is -0.493 e. The quantitative estimate of drug-likeness (QED) is 0.617. The smallest absolute Gasteiger partial charge is 0.332 e. The average molecular weight is 267 g/mol. The van der Waals surface area contributed by atoms with Gasteiger partial charge in [-0.05, 0) is 19.1 Å². The van der Waals surface area contributed by atoms with Crippen LogP contribution in [0.5, 0.6) is 17.2 Å². The molecule has 1 rings (SSSR count). The Bertz CT molecular complexity index is 500. The van der Waals surface area contributed by atoms with Crippen molar-refractivity contribution in [1.82, 2.24) is 5.43 Å². The van der Waals surface area contributed by atoms with Gasteiger partial charge in [0.15, 0.2) is 11.5 Å². The number of nitrogens with one attached hydrogen (secondary N) is 1. The summed E-state index contributed by atoms with van der Waals surface area (Å²) in [6.07, 6.45) is 0. The van der Waals surface area contributed by atoms with Gasteiger partial charge in [-0.1, -0.05) is 0 Å². The highest BCUT2D eigenvalue weighted by Crippen LogP contribution is 2.39. The van der Waals surface area contributed by atoms with E-state index in [-0.39, 0.29) is 0 Å². The van der Waals surface area contributed by atoms with Crippen molar-refractivity contribution in [2.45, 2.75) is 6.92 Å². The number of amides is 2. The maximum atomic E-state index is 10.6. The fourth-order valence-electron chi connectivity index (χ4n) is 1.59. The number of nitrogens with two attached hydrogens (primary N) is 1. The van der Waals surface area contributed by atoms with E-state index in [0.717, 1.165) is 0 Å². The molecule has 0 aliphatic rings. The lowest BCUT2D eigenvalue weighted by Gasteiger charge is -2.15. The van der Waals surface area contributed by atoms with Gasteiger partial charge in [-0.2, -0.15) is 5.10 Å². The largest absolute Gasteiger partial charge is 0.493 e. The number of urea groups is 1. The fraction of sp³-hybridized carbons (Fsp3) is 0.333. The first-order valence-corrected chi connectivity index (χ1v) is 5.44. The maximum Gasteiger partial charge on any atom is 0.332 e. The number of hydrazone groups is 1. The Labute approximate surface area is 111 Å². The van der Waals surface area contributed by atoms with Gasteiger partial charge in [0, 0.05) is 5.56 Å². The molecule has 0 aliphatic carbocycles. The first-order valence-electron chi connectivity index (χ1n) is 5.44. The van der Waals surface area contributed by atoms with E-state index < -0.39 is 6.03 Å². The molecule has 2 amide bonds. The van der Waals surface area contributed by atoms with Crippen LogP contribution in [0.25, 0.3) is 0 Å². The summed E-state index contributed by atoms with van der Waals surface area (Å²) in [5.41, 5.74) is 8.30. The van der Waals surface area contributed by atoms with Crippen LogP contribution in [0.2, 0.25) is 0 Å². The Morgan fingerprint density at radius 2 is 1.79 bits per heavy atom. The van der Waals surface area contributed by atoms with Gasteiger partial charge in [0.2, 0.25) is 5.75 Å². The lowest BCUT2D eigenvalue weighted by Crippen LogP contribution is -2.25. The molecule has 0 unspecified atom stereocenters. The van der Waals surface area contributed by atoms with Gasteiger partial charge in [0.05, 0.1) is 27.0 Å². The number of methoxy groups -OCH3 is 3. The van der Waals surface area contributed by atoms with E-state index in [2.05, 4.69) is 10.5 Å². The van der Waals surface area contributed by atoms with E-state index in [9.17, 15) is 4.79 Å². The van der Waals surface area contributed by atoms with Gasteiger partial charge >= 0.3 is 6.03 Å². The normalized spacial score (nSPS) is 10.8. The van der Waals surface area contributed by atoms with Crippen molar-refractivity contribution in [2.24, 2.45) is 10.8 Å². The van der Waals surface area contributed by atoms with Gasteiger partial charge in [0.1, 0.15) is 0 Å². The van der Waals surface area contributed by atoms with Crippen molar-refractivity contribution < 1.29 is 19.0 Å². The Kier molecular flexibility index (Phi) is 4.99. The third kappa shape index (κ3) is 3.27. The molecule has 0 fully saturated rings. The van der Waals surface area contributed by atoms with E-state index in [1.807, 2.05) is 0 Å². The molecule has 0 saturated carbocycles. The predicted octanol–water partition coefficient (Wildman–Crippen LogP) is 1.10. The summed E-state index contributed by atoms with van der Waals surface area (Å²) in [5, 5.41) is 3.85. The number of nitrogens with zero attached hydrogens (tertiary/aromatic N) is 1. The van der Waals surface area contributed by atoms with E-state index in [1.165, 1.54) is 21.3 Å². The zero-order valence-corrected chi connectivity index (χ0v) is 11.3. The number of hydrogen-bond donors (Lipinski definition) is 2. The Morgan fingerprint density at radius 3 is 2.26 bits per heavy atom. The molecule has 1 aromatic carbocycles. The highest BCUT2D eigenvalue weighted by atomic mass is 16.5. The van der Waals surface area contributed by atoms with Gasteiger partial charge in [-0.25, -0.2) is 10.2 Å². The first-order chi connectivity index (χ1) is 9.04. The number of ether oxygens (including phenoxy) is 3. The number of carbonyl (C=O) groups is 1. The van der Waals surface area contributed by atoms with Gasteiger partial charge in [0.25, 0.3) is 0 Å². The summed E-state index contributed by atoms with van der Waals surface area (Å²) >= 11 is 0. The van der Waals surface area contributed by atoms with Crippen LogP contribution in [0, 0.1) is 0 Å². The van der Waals surface area contributed by atoms with Crippen molar-refractivity contribution in [3.63, 3.8) is 0 Å². The molecule has 0 saturated heterocycles. The molecule has 104 valence electrons. The second kappa shape index (κ2) is 6.48. The number of benzene rings is 1. The molecular formula is C12H17N3O4. The van der Waals surface area contributed by atoms with Crippen molar-refractivity contribution in [2.75, 3.05) is 21.3 Å². The molecule has 0 atom stereocenters. The Hall–Kier alpha value is -2.44. The summed E-state index contributed by atoms with van der Waals surface area (Å²) in [6.45, 7) is 1.71.